The summed E-state index contributed by atoms with van der Waals surface area (Å²) in [6.45, 7) is 3.00. The van der Waals surface area contributed by atoms with Crippen molar-refractivity contribution < 1.29 is 14.7 Å². The molecule has 7 heteroatoms. The van der Waals surface area contributed by atoms with Gasteiger partial charge in [-0.15, -0.1) is 0 Å². The molecule has 108 valence electrons. The number of amides is 2. The molecule has 0 unspecified atom stereocenters. The Labute approximate surface area is 125 Å². The molecule has 1 aliphatic rings. The standard InChI is InChI=1S/C13H16BrN3O3/c14-10-3-2-9(12(18)19)8-11(10)16-13(20)17-6-1-4-15-5-7-17/h2-3,8,15H,1,4-7H2,(H,16,20)(H,18,19). The van der Waals surface area contributed by atoms with Crippen LogP contribution in [0.4, 0.5) is 10.5 Å². The Kier molecular flexibility index (Phi) is 4.97. The largest absolute Gasteiger partial charge is 0.478 e. The van der Waals surface area contributed by atoms with Crippen molar-refractivity contribution in [1.29, 1.82) is 0 Å². The van der Waals surface area contributed by atoms with Gasteiger partial charge in [0.15, 0.2) is 0 Å². The average molecular weight is 342 g/mol. The van der Waals surface area contributed by atoms with Gasteiger partial charge < -0.3 is 20.6 Å². The molecule has 0 atom stereocenters. The first-order valence-electron chi connectivity index (χ1n) is 6.37. The zero-order valence-corrected chi connectivity index (χ0v) is 12.4. The lowest BCUT2D eigenvalue weighted by atomic mass is 10.2. The number of nitrogens with zero attached hydrogens (tertiary/aromatic N) is 1. The van der Waals surface area contributed by atoms with Crippen molar-refractivity contribution in [2.75, 3.05) is 31.5 Å². The monoisotopic (exact) mass is 341 g/mol. The number of carboxylic acid groups (broad SMARTS) is 1. The lowest BCUT2D eigenvalue weighted by Crippen LogP contribution is -2.37. The van der Waals surface area contributed by atoms with Crippen molar-refractivity contribution >= 4 is 33.6 Å². The third-order valence-electron chi connectivity index (χ3n) is 3.08. The molecule has 0 bridgehead atoms. The van der Waals surface area contributed by atoms with Crippen LogP contribution in [0.1, 0.15) is 16.8 Å². The number of halogens is 1. The first-order chi connectivity index (χ1) is 9.58. The van der Waals surface area contributed by atoms with Crippen LogP contribution in [0.15, 0.2) is 22.7 Å². The van der Waals surface area contributed by atoms with Crippen molar-refractivity contribution in [2.45, 2.75) is 6.42 Å². The van der Waals surface area contributed by atoms with Crippen molar-refractivity contribution in [3.8, 4) is 0 Å². The molecule has 1 aromatic rings. The van der Waals surface area contributed by atoms with Gasteiger partial charge in [-0.05, 0) is 47.1 Å². The number of anilines is 1. The minimum atomic E-state index is -1.02. The Bertz CT molecular complexity index is 514. The number of hydrogen-bond donors (Lipinski definition) is 3. The topological polar surface area (TPSA) is 81.7 Å². The second-order valence-corrected chi connectivity index (χ2v) is 5.37. The Hall–Kier alpha value is -1.60. The minimum Gasteiger partial charge on any atom is -0.478 e. The van der Waals surface area contributed by atoms with E-state index in [2.05, 4.69) is 26.6 Å². The second-order valence-electron chi connectivity index (χ2n) is 4.52. The van der Waals surface area contributed by atoms with E-state index in [-0.39, 0.29) is 11.6 Å². The zero-order chi connectivity index (χ0) is 14.5. The molecule has 1 aromatic carbocycles. The lowest BCUT2D eigenvalue weighted by molar-refractivity contribution is 0.0697. The predicted octanol–water partition coefficient (Wildman–Crippen LogP) is 1.97. The summed E-state index contributed by atoms with van der Waals surface area (Å²) >= 11 is 3.31. The summed E-state index contributed by atoms with van der Waals surface area (Å²) in [5, 5.41) is 14.9. The van der Waals surface area contributed by atoms with Crippen LogP contribution >= 0.6 is 15.9 Å². The van der Waals surface area contributed by atoms with E-state index in [0.29, 0.717) is 23.2 Å². The van der Waals surface area contributed by atoms with Crippen molar-refractivity contribution in [3.63, 3.8) is 0 Å². The van der Waals surface area contributed by atoms with Gasteiger partial charge in [-0.2, -0.15) is 0 Å². The summed E-state index contributed by atoms with van der Waals surface area (Å²) in [6, 6.07) is 4.33. The van der Waals surface area contributed by atoms with E-state index in [1.807, 2.05) is 0 Å². The van der Waals surface area contributed by atoms with E-state index in [4.69, 9.17) is 5.11 Å². The number of nitrogens with one attached hydrogen (secondary N) is 2. The molecule has 0 aromatic heterocycles. The number of aromatic carboxylic acids is 1. The predicted molar refractivity (Wildman–Crippen MR) is 79.2 cm³/mol. The van der Waals surface area contributed by atoms with Crippen molar-refractivity contribution in [1.82, 2.24) is 10.2 Å². The van der Waals surface area contributed by atoms with Crippen LogP contribution in [0, 0.1) is 0 Å². The molecule has 2 rings (SSSR count). The van der Waals surface area contributed by atoms with Crippen LogP contribution in [0.25, 0.3) is 0 Å². The number of carbonyl (C=O) groups excluding carboxylic acids is 1. The number of carbonyl (C=O) groups is 2. The first-order valence-corrected chi connectivity index (χ1v) is 7.17. The van der Waals surface area contributed by atoms with Crippen molar-refractivity contribution in [2.24, 2.45) is 0 Å². The molecule has 6 nitrogen and oxygen atoms in total. The molecule has 1 fully saturated rings. The van der Waals surface area contributed by atoms with Crippen LogP contribution in [0.3, 0.4) is 0 Å². The maximum absolute atomic E-state index is 12.2. The number of benzene rings is 1. The van der Waals surface area contributed by atoms with Crippen molar-refractivity contribution in [3.05, 3.63) is 28.2 Å². The maximum atomic E-state index is 12.2. The molecule has 0 aliphatic carbocycles. The molecule has 0 radical (unpaired) electrons. The summed E-state index contributed by atoms with van der Waals surface area (Å²) in [4.78, 5) is 24.8. The number of carboxylic acids is 1. The van der Waals surface area contributed by atoms with Gasteiger partial charge in [-0.25, -0.2) is 9.59 Å². The normalized spacial score (nSPS) is 15.6. The quantitative estimate of drug-likeness (QED) is 0.768. The Morgan fingerprint density at radius 3 is 2.85 bits per heavy atom. The molecule has 0 spiro atoms. The van der Waals surface area contributed by atoms with Gasteiger partial charge >= 0.3 is 12.0 Å². The van der Waals surface area contributed by atoms with Gasteiger partial charge in [0.25, 0.3) is 0 Å². The Morgan fingerprint density at radius 2 is 2.10 bits per heavy atom. The zero-order valence-electron chi connectivity index (χ0n) is 10.9. The molecule has 0 saturated carbocycles. The van der Waals surface area contributed by atoms with E-state index in [9.17, 15) is 9.59 Å². The molecule has 1 saturated heterocycles. The molecule has 1 heterocycles. The number of urea groups is 1. The van der Waals surface area contributed by atoms with Gasteiger partial charge in [-0.3, -0.25) is 0 Å². The number of rotatable bonds is 2. The van der Waals surface area contributed by atoms with Gasteiger partial charge in [0, 0.05) is 24.1 Å². The van der Waals surface area contributed by atoms with Crippen LogP contribution in [0.5, 0.6) is 0 Å². The average Bonchev–Trinajstić information content (AvgIpc) is 2.70. The first kappa shape index (κ1) is 14.8. The van der Waals surface area contributed by atoms with E-state index in [1.54, 1.807) is 11.0 Å². The fraction of sp³-hybridized carbons (Fsp3) is 0.385. The van der Waals surface area contributed by atoms with E-state index in [1.165, 1.54) is 12.1 Å². The number of hydrogen-bond acceptors (Lipinski definition) is 3. The smallest absolute Gasteiger partial charge is 0.335 e. The Morgan fingerprint density at radius 1 is 1.30 bits per heavy atom. The molecule has 20 heavy (non-hydrogen) atoms. The molecule has 2 amide bonds. The van der Waals surface area contributed by atoms with Crippen LogP contribution in [0.2, 0.25) is 0 Å². The van der Waals surface area contributed by atoms with Gasteiger partial charge in [0.05, 0.1) is 11.3 Å². The highest BCUT2D eigenvalue weighted by atomic mass is 79.9. The maximum Gasteiger partial charge on any atom is 0.335 e. The van der Waals surface area contributed by atoms with Crippen LogP contribution in [-0.2, 0) is 0 Å². The van der Waals surface area contributed by atoms with E-state index < -0.39 is 5.97 Å². The minimum absolute atomic E-state index is 0.140. The summed E-state index contributed by atoms with van der Waals surface area (Å²) < 4.78 is 0.656. The summed E-state index contributed by atoms with van der Waals surface area (Å²) in [6.07, 6.45) is 0.907. The second kappa shape index (κ2) is 6.71. The van der Waals surface area contributed by atoms with Gasteiger partial charge in [0.1, 0.15) is 0 Å². The van der Waals surface area contributed by atoms with E-state index in [0.717, 1.165) is 19.5 Å². The summed E-state index contributed by atoms with van der Waals surface area (Å²) in [5.74, 6) is -1.02. The van der Waals surface area contributed by atoms with Gasteiger partial charge in [0.2, 0.25) is 0 Å². The highest BCUT2D eigenvalue weighted by Gasteiger charge is 2.17. The molecule has 3 N–H and O–H groups in total. The fourth-order valence-corrected chi connectivity index (χ4v) is 2.34. The third kappa shape index (κ3) is 3.71. The van der Waals surface area contributed by atoms with Gasteiger partial charge in [-0.1, -0.05) is 0 Å². The Balaban J connectivity index is 2.10. The third-order valence-corrected chi connectivity index (χ3v) is 3.77. The lowest BCUT2D eigenvalue weighted by Gasteiger charge is -2.21. The van der Waals surface area contributed by atoms with E-state index >= 15 is 0 Å². The molecular weight excluding hydrogens is 326 g/mol. The molecule has 1 aliphatic heterocycles. The highest BCUT2D eigenvalue weighted by molar-refractivity contribution is 9.10. The SMILES string of the molecule is O=C(O)c1ccc(Br)c(NC(=O)N2CCCNCC2)c1. The van der Waals surface area contributed by atoms with Crippen LogP contribution < -0.4 is 10.6 Å². The summed E-state index contributed by atoms with van der Waals surface area (Å²) in [5.41, 5.74) is 0.605. The molecular formula is C13H16BrN3O3. The fourth-order valence-electron chi connectivity index (χ4n) is 2.00. The highest BCUT2D eigenvalue weighted by Crippen LogP contribution is 2.24. The summed E-state index contributed by atoms with van der Waals surface area (Å²) in [7, 11) is 0. The van der Waals surface area contributed by atoms with Crippen LogP contribution in [-0.4, -0.2) is 48.2 Å².